The molecule has 1 aromatic heterocycles. The van der Waals surface area contributed by atoms with Gasteiger partial charge in [0.05, 0.1) is 18.5 Å². The lowest BCUT2D eigenvalue weighted by Crippen LogP contribution is -2.25. The van der Waals surface area contributed by atoms with Crippen LogP contribution in [0.25, 0.3) is 0 Å². The molecule has 0 spiro atoms. The molecule has 1 atom stereocenters. The number of aromatic nitrogens is 1. The lowest BCUT2D eigenvalue weighted by Gasteiger charge is -2.23. The number of nitrogens with zero attached hydrogens (tertiary/aromatic N) is 1. The summed E-state index contributed by atoms with van der Waals surface area (Å²) < 4.78 is 5.44. The third kappa shape index (κ3) is 3.38. The Balaban J connectivity index is 1.96. The molecular weight excluding hydrogens is 234 g/mol. The number of rotatable bonds is 4. The van der Waals surface area contributed by atoms with Crippen molar-refractivity contribution < 1.29 is 4.74 Å². The second-order valence-electron chi connectivity index (χ2n) is 4.25. The molecule has 2 rings (SSSR count). The molecule has 0 aliphatic carbocycles. The number of nitrogens with two attached hydrogens (primary N) is 1. The highest BCUT2D eigenvalue weighted by molar-refractivity contribution is 7.80. The van der Waals surface area contributed by atoms with Crippen LogP contribution in [0, 0.1) is 5.92 Å². The predicted octanol–water partition coefficient (Wildman–Crippen LogP) is 1.55. The van der Waals surface area contributed by atoms with E-state index < -0.39 is 0 Å². The zero-order chi connectivity index (χ0) is 12.1. The van der Waals surface area contributed by atoms with Crippen LogP contribution in [0.15, 0.2) is 18.5 Å². The van der Waals surface area contributed by atoms with E-state index in [1.807, 2.05) is 6.07 Å². The summed E-state index contributed by atoms with van der Waals surface area (Å²) in [6, 6.07) is 1.84. The Bertz CT molecular complexity index is 391. The van der Waals surface area contributed by atoms with Gasteiger partial charge in [-0.15, -0.1) is 0 Å². The van der Waals surface area contributed by atoms with Gasteiger partial charge in [-0.25, -0.2) is 0 Å². The molecule has 3 N–H and O–H groups in total. The average Bonchev–Trinajstić information content (AvgIpc) is 2.38. The van der Waals surface area contributed by atoms with Crippen molar-refractivity contribution in [3.63, 3.8) is 0 Å². The monoisotopic (exact) mass is 251 g/mol. The normalized spacial score (nSPS) is 19.9. The van der Waals surface area contributed by atoms with E-state index in [2.05, 4.69) is 10.3 Å². The molecule has 0 amide bonds. The minimum Gasteiger partial charge on any atom is -0.389 e. The summed E-state index contributed by atoms with van der Waals surface area (Å²) in [4.78, 5) is 4.48. The lowest BCUT2D eigenvalue weighted by molar-refractivity contribution is 0.0595. The number of ether oxygens (including phenoxy) is 1. The first kappa shape index (κ1) is 12.3. The zero-order valence-electron chi connectivity index (χ0n) is 9.69. The minimum absolute atomic E-state index is 0.398. The Morgan fingerprint density at radius 1 is 1.65 bits per heavy atom. The second-order valence-corrected chi connectivity index (χ2v) is 4.69. The van der Waals surface area contributed by atoms with Crippen LogP contribution in [0.1, 0.15) is 18.4 Å². The lowest BCUT2D eigenvalue weighted by atomic mass is 10.0. The van der Waals surface area contributed by atoms with E-state index in [0.717, 1.165) is 37.4 Å². The van der Waals surface area contributed by atoms with Crippen molar-refractivity contribution >= 4 is 22.9 Å². The van der Waals surface area contributed by atoms with Crippen molar-refractivity contribution in [3.05, 3.63) is 24.0 Å². The van der Waals surface area contributed by atoms with Crippen LogP contribution in [0.4, 0.5) is 5.69 Å². The Hall–Kier alpha value is -1.20. The number of hydrogen-bond donors (Lipinski definition) is 2. The highest BCUT2D eigenvalue weighted by atomic mass is 32.1. The van der Waals surface area contributed by atoms with E-state index in [-0.39, 0.29) is 0 Å². The highest BCUT2D eigenvalue weighted by Crippen LogP contribution is 2.17. The number of pyridine rings is 1. The van der Waals surface area contributed by atoms with Crippen LogP contribution < -0.4 is 11.1 Å². The maximum absolute atomic E-state index is 5.66. The van der Waals surface area contributed by atoms with Crippen LogP contribution in [-0.2, 0) is 4.74 Å². The van der Waals surface area contributed by atoms with E-state index in [0.29, 0.717) is 10.9 Å². The number of anilines is 1. The van der Waals surface area contributed by atoms with Gasteiger partial charge in [0.1, 0.15) is 4.99 Å². The zero-order valence-corrected chi connectivity index (χ0v) is 10.5. The van der Waals surface area contributed by atoms with Crippen molar-refractivity contribution in [2.24, 2.45) is 11.7 Å². The van der Waals surface area contributed by atoms with E-state index in [1.165, 1.54) is 6.42 Å². The Morgan fingerprint density at radius 2 is 2.53 bits per heavy atom. The summed E-state index contributed by atoms with van der Waals surface area (Å²) in [5.41, 5.74) is 7.42. The average molecular weight is 251 g/mol. The highest BCUT2D eigenvalue weighted by Gasteiger charge is 2.14. The van der Waals surface area contributed by atoms with Crippen LogP contribution in [0.3, 0.4) is 0 Å². The van der Waals surface area contributed by atoms with Crippen LogP contribution in [-0.4, -0.2) is 29.7 Å². The molecule has 5 heteroatoms. The molecular formula is C12H17N3OS. The topological polar surface area (TPSA) is 60.2 Å². The van der Waals surface area contributed by atoms with Crippen LogP contribution in [0.2, 0.25) is 0 Å². The van der Waals surface area contributed by atoms with Gasteiger partial charge in [-0.1, -0.05) is 12.2 Å². The van der Waals surface area contributed by atoms with E-state index in [1.54, 1.807) is 12.4 Å². The smallest absolute Gasteiger partial charge is 0.106 e. The molecule has 1 aliphatic heterocycles. The van der Waals surface area contributed by atoms with Crippen LogP contribution in [0.5, 0.6) is 0 Å². The Labute approximate surface area is 107 Å². The van der Waals surface area contributed by atoms with Gasteiger partial charge >= 0.3 is 0 Å². The van der Waals surface area contributed by atoms with Crippen molar-refractivity contribution in [2.75, 3.05) is 25.1 Å². The molecule has 1 aliphatic rings. The van der Waals surface area contributed by atoms with Gasteiger partial charge in [0.25, 0.3) is 0 Å². The standard InChI is InChI=1S/C12H17N3OS/c13-12(17)10-3-4-14-7-11(10)15-6-9-2-1-5-16-8-9/h3-4,7,9,15H,1-2,5-6,8H2,(H2,13,17). The van der Waals surface area contributed by atoms with Gasteiger partial charge in [0.2, 0.25) is 0 Å². The van der Waals surface area contributed by atoms with E-state index >= 15 is 0 Å². The molecule has 0 bridgehead atoms. The first-order valence-electron chi connectivity index (χ1n) is 5.83. The molecule has 1 unspecified atom stereocenters. The fraction of sp³-hybridized carbons (Fsp3) is 0.500. The van der Waals surface area contributed by atoms with E-state index in [4.69, 9.17) is 22.7 Å². The molecule has 1 fully saturated rings. The number of hydrogen-bond acceptors (Lipinski definition) is 4. The van der Waals surface area contributed by atoms with Crippen molar-refractivity contribution in [1.29, 1.82) is 0 Å². The van der Waals surface area contributed by atoms with Gasteiger partial charge in [-0.2, -0.15) is 0 Å². The van der Waals surface area contributed by atoms with Gasteiger partial charge in [-0.3, -0.25) is 4.98 Å². The van der Waals surface area contributed by atoms with Crippen molar-refractivity contribution in [3.8, 4) is 0 Å². The quantitative estimate of drug-likeness (QED) is 0.795. The number of thiocarbonyl (C=S) groups is 1. The minimum atomic E-state index is 0.398. The summed E-state index contributed by atoms with van der Waals surface area (Å²) in [5, 5.41) is 3.35. The molecule has 0 aromatic carbocycles. The molecule has 17 heavy (non-hydrogen) atoms. The van der Waals surface area contributed by atoms with Crippen LogP contribution >= 0.6 is 12.2 Å². The molecule has 1 aromatic rings. The molecule has 0 radical (unpaired) electrons. The molecule has 0 saturated carbocycles. The summed E-state index contributed by atoms with van der Waals surface area (Å²) in [7, 11) is 0. The summed E-state index contributed by atoms with van der Waals surface area (Å²) >= 11 is 5.01. The SMILES string of the molecule is NC(=S)c1ccncc1NCC1CCCOC1. The first-order valence-corrected chi connectivity index (χ1v) is 6.23. The predicted molar refractivity (Wildman–Crippen MR) is 72.2 cm³/mol. The van der Waals surface area contributed by atoms with Gasteiger partial charge in [-0.05, 0) is 24.8 Å². The number of nitrogens with one attached hydrogen (secondary N) is 1. The van der Waals surface area contributed by atoms with E-state index in [9.17, 15) is 0 Å². The largest absolute Gasteiger partial charge is 0.389 e. The molecule has 4 nitrogen and oxygen atoms in total. The third-order valence-electron chi connectivity index (χ3n) is 2.92. The third-order valence-corrected chi connectivity index (χ3v) is 3.14. The fourth-order valence-corrected chi connectivity index (χ4v) is 2.15. The molecule has 2 heterocycles. The maximum atomic E-state index is 5.66. The first-order chi connectivity index (χ1) is 8.27. The second kappa shape index (κ2) is 5.93. The van der Waals surface area contributed by atoms with Gasteiger partial charge in [0, 0.05) is 24.9 Å². The summed E-state index contributed by atoms with van der Waals surface area (Å²) in [6.45, 7) is 2.60. The summed E-state index contributed by atoms with van der Waals surface area (Å²) in [6.07, 6.45) is 5.80. The fourth-order valence-electron chi connectivity index (χ4n) is 1.97. The van der Waals surface area contributed by atoms with Crippen molar-refractivity contribution in [1.82, 2.24) is 4.98 Å². The molecule has 92 valence electrons. The van der Waals surface area contributed by atoms with Gasteiger partial charge < -0.3 is 15.8 Å². The van der Waals surface area contributed by atoms with Gasteiger partial charge in [0.15, 0.2) is 0 Å². The van der Waals surface area contributed by atoms with Crippen molar-refractivity contribution in [2.45, 2.75) is 12.8 Å². The Kier molecular flexibility index (Phi) is 4.28. The maximum Gasteiger partial charge on any atom is 0.106 e. The summed E-state index contributed by atoms with van der Waals surface area (Å²) in [5.74, 6) is 0.558. The molecule has 1 saturated heterocycles. The Morgan fingerprint density at radius 3 is 3.24 bits per heavy atom.